The van der Waals surface area contributed by atoms with E-state index in [0.29, 0.717) is 0 Å². The van der Waals surface area contributed by atoms with Gasteiger partial charge in [-0.2, -0.15) is 0 Å². The van der Waals surface area contributed by atoms with Gasteiger partial charge in [0.05, 0.1) is 16.9 Å². The quantitative estimate of drug-likeness (QED) is 0.265. The molecule has 22 heavy (non-hydrogen) atoms. The Balaban J connectivity index is -0.00000133. The van der Waals surface area contributed by atoms with E-state index in [9.17, 15) is 18.0 Å². The van der Waals surface area contributed by atoms with Crippen molar-refractivity contribution in [2.45, 2.75) is 13.3 Å². The zero-order chi connectivity index (χ0) is 15.5. The summed E-state index contributed by atoms with van der Waals surface area (Å²) in [5.41, 5.74) is -1.48. The summed E-state index contributed by atoms with van der Waals surface area (Å²) in [7, 11) is -4.58. The summed E-state index contributed by atoms with van der Waals surface area (Å²) >= 11 is 0. The van der Waals surface area contributed by atoms with Gasteiger partial charge in [-0.15, -0.1) is 6.42 Å². The van der Waals surface area contributed by atoms with Crippen molar-refractivity contribution in [3.05, 3.63) is 34.8 Å². The largest absolute Gasteiger partial charge is 1.00 e. The molecule has 0 aliphatic rings. The molecule has 0 aliphatic carbocycles. The molecule has 0 aliphatic heterocycles. The van der Waals surface area contributed by atoms with E-state index < -0.39 is 27.5 Å². The van der Waals surface area contributed by atoms with Gasteiger partial charge in [-0.05, 0) is 23.6 Å². The Morgan fingerprint density at radius 3 is 1.82 bits per heavy atom. The van der Waals surface area contributed by atoms with Gasteiger partial charge < -0.3 is 20.9 Å². The van der Waals surface area contributed by atoms with Crippen molar-refractivity contribution in [1.82, 2.24) is 0 Å². The van der Waals surface area contributed by atoms with Crippen LogP contribution < -0.4 is 63.9 Å². The van der Waals surface area contributed by atoms with Crippen LogP contribution in [-0.4, -0.2) is 35.1 Å². The SMILES string of the molecule is CC[C-](Oc1cc(C(=O)O)cc(C(=O)O)c1)S(=O)(=O)O.[H-].[Na+].[Na+]. The molecule has 0 unspecified atom stereocenters. The molecular formula is C11H12Na2O8S. The number of rotatable bonds is 6. The summed E-state index contributed by atoms with van der Waals surface area (Å²) in [6, 6.07) is 2.81. The number of carboxylic acids is 2. The maximum absolute atomic E-state index is 11.0. The first-order valence-electron chi connectivity index (χ1n) is 5.28. The molecular weight excluding hydrogens is 338 g/mol. The molecule has 0 fully saturated rings. The summed E-state index contributed by atoms with van der Waals surface area (Å²) in [6.45, 7) is 1.39. The second kappa shape index (κ2) is 9.89. The third kappa shape index (κ3) is 6.97. The van der Waals surface area contributed by atoms with Crippen molar-refractivity contribution < 1.29 is 98.1 Å². The van der Waals surface area contributed by atoms with E-state index in [0.717, 1.165) is 18.2 Å². The molecule has 11 heteroatoms. The molecule has 0 aromatic heterocycles. The topological polar surface area (TPSA) is 138 Å². The molecule has 1 rings (SSSR count). The Morgan fingerprint density at radius 2 is 1.55 bits per heavy atom. The van der Waals surface area contributed by atoms with Gasteiger partial charge in [-0.3, -0.25) is 0 Å². The monoisotopic (exact) mass is 350 g/mol. The van der Waals surface area contributed by atoms with Crippen molar-refractivity contribution in [1.29, 1.82) is 0 Å². The molecule has 0 atom stereocenters. The van der Waals surface area contributed by atoms with Gasteiger partial charge in [0.2, 0.25) is 0 Å². The summed E-state index contributed by atoms with van der Waals surface area (Å²) in [5.74, 6) is -3.11. The third-order valence-corrected chi connectivity index (χ3v) is 3.16. The summed E-state index contributed by atoms with van der Waals surface area (Å²) in [6.07, 6.45) is -0.182. The number of ether oxygens (including phenoxy) is 1. The number of carbonyl (C=O) groups is 2. The molecule has 0 heterocycles. The zero-order valence-corrected chi connectivity index (χ0v) is 17.0. The van der Waals surface area contributed by atoms with E-state index in [-0.39, 0.29) is 83.8 Å². The summed E-state index contributed by atoms with van der Waals surface area (Å²) in [4.78, 5) is 21.7. The van der Waals surface area contributed by atoms with Crippen molar-refractivity contribution in [2.75, 3.05) is 0 Å². The van der Waals surface area contributed by atoms with E-state index in [1.165, 1.54) is 6.92 Å². The van der Waals surface area contributed by atoms with E-state index in [2.05, 4.69) is 0 Å². The molecule has 0 amide bonds. The van der Waals surface area contributed by atoms with Crippen LogP contribution in [0.2, 0.25) is 0 Å². The van der Waals surface area contributed by atoms with Gasteiger partial charge in [0.15, 0.2) is 10.1 Å². The standard InChI is InChI=1S/C11H11O8S.2Na.H/c1-2-9(20(16,17)18)19-8-4-6(10(12)13)3-7(5-8)11(14)15;;;/h3-5H,2H2,1H3,(H,12,13)(H,14,15)(H,16,17,18);;;/q-1;2*+1;-1. The van der Waals surface area contributed by atoms with Crippen LogP contribution in [0.1, 0.15) is 35.5 Å². The maximum atomic E-state index is 11.0. The molecule has 1 aromatic rings. The number of aromatic carboxylic acids is 2. The fourth-order valence-corrected chi connectivity index (χ4v) is 1.91. The second-order valence-electron chi connectivity index (χ2n) is 3.66. The van der Waals surface area contributed by atoms with Gasteiger partial charge in [-0.1, -0.05) is 6.92 Å². The molecule has 0 radical (unpaired) electrons. The van der Waals surface area contributed by atoms with E-state index in [1.807, 2.05) is 0 Å². The average molecular weight is 350 g/mol. The predicted molar refractivity (Wildman–Crippen MR) is 67.2 cm³/mol. The molecule has 8 nitrogen and oxygen atoms in total. The van der Waals surface area contributed by atoms with Crippen molar-refractivity contribution in [3.8, 4) is 5.75 Å². The smallest absolute Gasteiger partial charge is 1.00 e. The van der Waals surface area contributed by atoms with Crippen LogP contribution in [-0.2, 0) is 10.1 Å². The zero-order valence-electron chi connectivity index (χ0n) is 13.2. The van der Waals surface area contributed by atoms with Crippen LogP contribution in [0, 0.1) is 5.44 Å². The van der Waals surface area contributed by atoms with Crippen LogP contribution in [0.3, 0.4) is 0 Å². The average Bonchev–Trinajstić information content (AvgIpc) is 2.33. The Hall–Kier alpha value is -0.130. The first kappa shape index (κ1) is 24.1. The summed E-state index contributed by atoms with van der Waals surface area (Å²) in [5, 5.41) is 17.7. The summed E-state index contributed by atoms with van der Waals surface area (Å²) < 4.78 is 35.7. The first-order chi connectivity index (χ1) is 9.15. The fraction of sp³-hybridized carbons (Fsp3) is 0.182. The van der Waals surface area contributed by atoms with Crippen molar-refractivity contribution in [3.63, 3.8) is 0 Å². The Kier molecular flexibility index (Phi) is 10.8. The fourth-order valence-electron chi connectivity index (χ4n) is 1.34. The Bertz CT molecular complexity index is 617. The van der Waals surface area contributed by atoms with E-state index >= 15 is 0 Å². The van der Waals surface area contributed by atoms with Crippen molar-refractivity contribution in [2.24, 2.45) is 0 Å². The molecule has 0 bridgehead atoms. The minimum Gasteiger partial charge on any atom is -1.00 e. The van der Waals surface area contributed by atoms with Gasteiger partial charge in [0.25, 0.3) is 0 Å². The predicted octanol–water partition coefficient (Wildman–Crippen LogP) is -4.63. The minimum atomic E-state index is -4.58. The van der Waals surface area contributed by atoms with Gasteiger partial charge in [0.1, 0.15) is 0 Å². The van der Waals surface area contributed by atoms with Gasteiger partial charge >= 0.3 is 71.1 Å². The van der Waals surface area contributed by atoms with Gasteiger partial charge in [-0.25, -0.2) is 18.0 Å². The number of carboxylic acid groups (broad SMARTS) is 2. The van der Waals surface area contributed by atoms with Crippen LogP contribution in [0.4, 0.5) is 0 Å². The maximum Gasteiger partial charge on any atom is 1.00 e. The van der Waals surface area contributed by atoms with Crippen LogP contribution in [0.15, 0.2) is 18.2 Å². The van der Waals surface area contributed by atoms with E-state index in [4.69, 9.17) is 19.5 Å². The van der Waals surface area contributed by atoms with Crippen molar-refractivity contribution >= 4 is 22.1 Å². The van der Waals surface area contributed by atoms with Crippen LogP contribution >= 0.6 is 0 Å². The second-order valence-corrected chi connectivity index (χ2v) is 5.06. The molecule has 112 valence electrons. The molecule has 0 spiro atoms. The van der Waals surface area contributed by atoms with E-state index in [1.54, 1.807) is 0 Å². The Morgan fingerprint density at radius 1 is 1.14 bits per heavy atom. The number of hydrogen-bond acceptors (Lipinski definition) is 5. The van der Waals surface area contributed by atoms with Crippen LogP contribution in [0.5, 0.6) is 5.75 Å². The number of benzene rings is 1. The molecule has 0 saturated heterocycles. The van der Waals surface area contributed by atoms with Gasteiger partial charge in [0, 0.05) is 0 Å². The normalized spacial score (nSPS) is 10.3. The number of hydrogen-bond donors (Lipinski definition) is 3. The van der Waals surface area contributed by atoms with Crippen LogP contribution in [0.25, 0.3) is 0 Å². The Labute approximate surface area is 172 Å². The molecule has 1 aromatic carbocycles. The molecule has 3 N–H and O–H groups in total. The third-order valence-electron chi connectivity index (χ3n) is 2.21. The minimum absolute atomic E-state index is 0. The first-order valence-corrected chi connectivity index (χ1v) is 6.72. The molecule has 0 saturated carbocycles.